The van der Waals surface area contributed by atoms with Gasteiger partial charge < -0.3 is 0 Å². The molecule has 0 spiro atoms. The number of carbonyl (C=O) groups is 1. The molecule has 0 aliphatic rings. The number of carbonyl (C=O) groups excluding carboxylic acids is 1. The van der Waals surface area contributed by atoms with Crippen LogP contribution in [0.4, 0.5) is 0 Å². The lowest BCUT2D eigenvalue weighted by Crippen LogP contribution is -1.97. The zero-order valence-electron chi connectivity index (χ0n) is 5.20. The second-order valence-electron chi connectivity index (χ2n) is 1.82. The van der Waals surface area contributed by atoms with Gasteiger partial charge in [0.15, 0.2) is 0 Å². The molecule has 1 nitrogen and oxygen atoms in total. The van der Waals surface area contributed by atoms with Gasteiger partial charge in [0.05, 0.1) is 5.33 Å². The minimum Gasteiger partial charge on any atom is -0.299 e. The van der Waals surface area contributed by atoms with Gasteiger partial charge in [0.25, 0.3) is 0 Å². The molecule has 0 aliphatic carbocycles. The molecule has 0 fully saturated rings. The van der Waals surface area contributed by atoms with Gasteiger partial charge >= 0.3 is 0 Å². The maximum atomic E-state index is 10.6. The standard InChI is InChI=1S/C6H10Br2O/c7-4-2-1-3-6(9)5-8/h1-5H2. The van der Waals surface area contributed by atoms with Crippen molar-refractivity contribution in [3.8, 4) is 0 Å². The quantitative estimate of drug-likeness (QED) is 0.547. The van der Waals surface area contributed by atoms with Gasteiger partial charge in [0, 0.05) is 11.8 Å². The second-order valence-corrected chi connectivity index (χ2v) is 3.17. The summed E-state index contributed by atoms with van der Waals surface area (Å²) in [6, 6.07) is 0. The summed E-state index contributed by atoms with van der Waals surface area (Å²) >= 11 is 6.40. The summed E-state index contributed by atoms with van der Waals surface area (Å²) in [7, 11) is 0. The van der Waals surface area contributed by atoms with E-state index < -0.39 is 0 Å². The van der Waals surface area contributed by atoms with E-state index in [0.717, 1.165) is 24.6 Å². The summed E-state index contributed by atoms with van der Waals surface area (Å²) in [6.45, 7) is 0. The maximum Gasteiger partial charge on any atom is 0.143 e. The van der Waals surface area contributed by atoms with Gasteiger partial charge in [-0.15, -0.1) is 0 Å². The normalized spacial score (nSPS) is 9.56. The highest BCUT2D eigenvalue weighted by Gasteiger charge is 1.96. The highest BCUT2D eigenvalue weighted by Crippen LogP contribution is 2.00. The topological polar surface area (TPSA) is 17.1 Å². The zero-order chi connectivity index (χ0) is 7.11. The van der Waals surface area contributed by atoms with Gasteiger partial charge in [-0.05, 0) is 12.8 Å². The van der Waals surface area contributed by atoms with E-state index in [1.165, 1.54) is 0 Å². The van der Waals surface area contributed by atoms with Crippen molar-refractivity contribution in [1.29, 1.82) is 0 Å². The first kappa shape index (κ1) is 9.63. The Hall–Kier alpha value is 0.630. The average molecular weight is 258 g/mol. The minimum absolute atomic E-state index is 0.302. The number of hydrogen-bond donors (Lipinski definition) is 0. The monoisotopic (exact) mass is 256 g/mol. The number of alkyl halides is 2. The van der Waals surface area contributed by atoms with Crippen LogP contribution in [0.3, 0.4) is 0 Å². The van der Waals surface area contributed by atoms with Crippen LogP contribution in [0.25, 0.3) is 0 Å². The van der Waals surface area contributed by atoms with Crippen LogP contribution in [-0.2, 0) is 4.79 Å². The Balaban J connectivity index is 2.97. The van der Waals surface area contributed by atoms with Gasteiger partial charge in [-0.2, -0.15) is 0 Å². The van der Waals surface area contributed by atoms with Crippen molar-refractivity contribution in [2.24, 2.45) is 0 Å². The highest BCUT2D eigenvalue weighted by molar-refractivity contribution is 9.09. The molecule has 0 rings (SSSR count). The van der Waals surface area contributed by atoms with Crippen LogP contribution in [0, 0.1) is 0 Å². The molecule has 0 aromatic rings. The molecular formula is C6H10Br2O. The number of Topliss-reactive ketones (excluding diaryl/α,β-unsaturated/α-hetero) is 1. The molecule has 0 aliphatic heterocycles. The molecule has 0 bridgehead atoms. The Kier molecular flexibility index (Phi) is 7.22. The van der Waals surface area contributed by atoms with Crippen LogP contribution in [0.15, 0.2) is 0 Å². The summed E-state index contributed by atoms with van der Waals surface area (Å²) in [5.74, 6) is 0.302. The van der Waals surface area contributed by atoms with Crippen LogP contribution in [0.2, 0.25) is 0 Å². The molecule has 3 heteroatoms. The molecule has 0 atom stereocenters. The van der Waals surface area contributed by atoms with E-state index in [-0.39, 0.29) is 0 Å². The maximum absolute atomic E-state index is 10.6. The molecule has 0 unspecified atom stereocenters. The van der Waals surface area contributed by atoms with E-state index >= 15 is 0 Å². The lowest BCUT2D eigenvalue weighted by Gasteiger charge is -1.92. The molecule has 0 heterocycles. The first-order chi connectivity index (χ1) is 4.31. The fourth-order valence-corrected chi connectivity index (χ4v) is 1.16. The van der Waals surface area contributed by atoms with Gasteiger partial charge in [0.2, 0.25) is 0 Å². The van der Waals surface area contributed by atoms with E-state index in [4.69, 9.17) is 0 Å². The zero-order valence-corrected chi connectivity index (χ0v) is 8.37. The third-order valence-corrected chi connectivity index (χ3v) is 2.17. The number of ketones is 1. The Morgan fingerprint density at radius 2 is 1.89 bits per heavy atom. The number of halogens is 2. The molecule has 0 aromatic heterocycles. The molecule has 0 saturated heterocycles. The van der Waals surface area contributed by atoms with Gasteiger partial charge in [-0.1, -0.05) is 31.9 Å². The lowest BCUT2D eigenvalue weighted by molar-refractivity contribution is -0.116. The molecule has 9 heavy (non-hydrogen) atoms. The molecule has 0 saturated carbocycles. The molecule has 0 N–H and O–H groups in total. The Morgan fingerprint density at radius 1 is 1.22 bits per heavy atom. The second kappa shape index (κ2) is 6.75. The van der Waals surface area contributed by atoms with Crippen LogP contribution < -0.4 is 0 Å². The van der Waals surface area contributed by atoms with Gasteiger partial charge in [-0.3, -0.25) is 4.79 Å². The molecular weight excluding hydrogens is 248 g/mol. The summed E-state index contributed by atoms with van der Waals surface area (Å²) in [5, 5.41) is 1.51. The fraction of sp³-hybridized carbons (Fsp3) is 0.833. The SMILES string of the molecule is O=C(CBr)CCCCBr. The Morgan fingerprint density at radius 3 is 2.33 bits per heavy atom. The predicted octanol–water partition coefficient (Wildman–Crippen LogP) is 2.52. The summed E-state index contributed by atoms with van der Waals surface area (Å²) in [4.78, 5) is 10.6. The number of rotatable bonds is 5. The van der Waals surface area contributed by atoms with Crippen LogP contribution in [0.1, 0.15) is 19.3 Å². The van der Waals surface area contributed by atoms with Crippen LogP contribution >= 0.6 is 31.9 Å². The third-order valence-electron chi connectivity index (χ3n) is 0.988. The molecule has 0 radical (unpaired) electrons. The summed E-state index contributed by atoms with van der Waals surface area (Å²) in [5.41, 5.74) is 0. The van der Waals surface area contributed by atoms with Crippen molar-refractivity contribution in [1.82, 2.24) is 0 Å². The van der Waals surface area contributed by atoms with E-state index in [1.54, 1.807) is 0 Å². The first-order valence-electron chi connectivity index (χ1n) is 2.95. The van der Waals surface area contributed by atoms with Gasteiger partial charge in [0.1, 0.15) is 5.78 Å². The van der Waals surface area contributed by atoms with E-state index in [2.05, 4.69) is 31.9 Å². The number of unbranched alkanes of at least 4 members (excludes halogenated alkanes) is 1. The van der Waals surface area contributed by atoms with Crippen molar-refractivity contribution in [3.05, 3.63) is 0 Å². The van der Waals surface area contributed by atoms with Crippen molar-refractivity contribution >= 4 is 37.6 Å². The van der Waals surface area contributed by atoms with Crippen molar-refractivity contribution in [2.45, 2.75) is 19.3 Å². The van der Waals surface area contributed by atoms with Crippen molar-refractivity contribution in [3.63, 3.8) is 0 Å². The van der Waals surface area contributed by atoms with E-state index in [1.807, 2.05) is 0 Å². The largest absolute Gasteiger partial charge is 0.299 e. The molecule has 54 valence electrons. The fourth-order valence-electron chi connectivity index (χ4n) is 0.483. The van der Waals surface area contributed by atoms with E-state index in [0.29, 0.717) is 11.1 Å². The first-order valence-corrected chi connectivity index (χ1v) is 5.19. The molecule has 0 aromatic carbocycles. The van der Waals surface area contributed by atoms with Crippen LogP contribution in [0.5, 0.6) is 0 Å². The molecule has 0 amide bonds. The highest BCUT2D eigenvalue weighted by atomic mass is 79.9. The summed E-state index contributed by atoms with van der Waals surface area (Å²) in [6.07, 6.45) is 2.82. The van der Waals surface area contributed by atoms with Crippen molar-refractivity contribution in [2.75, 3.05) is 10.7 Å². The van der Waals surface area contributed by atoms with Crippen molar-refractivity contribution < 1.29 is 4.79 Å². The average Bonchev–Trinajstić information content (AvgIpc) is 1.89. The van der Waals surface area contributed by atoms with Gasteiger partial charge in [-0.25, -0.2) is 0 Å². The Bertz CT molecular complexity index is 83.1. The Labute approximate surface area is 72.5 Å². The summed E-state index contributed by atoms with van der Waals surface area (Å²) < 4.78 is 0. The smallest absolute Gasteiger partial charge is 0.143 e. The van der Waals surface area contributed by atoms with Crippen LogP contribution in [-0.4, -0.2) is 16.4 Å². The number of hydrogen-bond acceptors (Lipinski definition) is 1. The van der Waals surface area contributed by atoms with E-state index in [9.17, 15) is 4.79 Å². The minimum atomic E-state index is 0.302. The third kappa shape index (κ3) is 6.52. The lowest BCUT2D eigenvalue weighted by atomic mass is 10.2. The predicted molar refractivity (Wildman–Crippen MR) is 46.4 cm³/mol.